The van der Waals surface area contributed by atoms with Crippen LogP contribution in [0.5, 0.6) is 0 Å². The average Bonchev–Trinajstić information content (AvgIpc) is 3.22. The van der Waals surface area contributed by atoms with Crippen LogP contribution in [-0.4, -0.2) is 26.8 Å². The number of nitrogens with one attached hydrogen (secondary N) is 3. The second-order valence-electron chi connectivity index (χ2n) is 6.43. The Hall–Kier alpha value is -4.20. The van der Waals surface area contributed by atoms with Crippen molar-refractivity contribution in [3.05, 3.63) is 83.9 Å². The quantitative estimate of drug-likeness (QED) is 0.420. The summed E-state index contributed by atoms with van der Waals surface area (Å²) in [5.74, 6) is -0.456. The highest BCUT2D eigenvalue weighted by atomic mass is 16.2. The minimum absolute atomic E-state index is 0.184. The lowest BCUT2D eigenvalue weighted by Gasteiger charge is -2.09. The zero-order valence-corrected chi connectivity index (χ0v) is 15.3. The van der Waals surface area contributed by atoms with Crippen molar-refractivity contribution in [3.63, 3.8) is 0 Å². The Morgan fingerprint density at radius 2 is 1.79 bits per heavy atom. The number of nitrogens with zero attached hydrogens (tertiary/aromatic N) is 2. The van der Waals surface area contributed by atoms with Crippen molar-refractivity contribution >= 4 is 34.2 Å². The molecule has 5 N–H and O–H groups in total. The highest BCUT2D eigenvalue weighted by molar-refractivity contribution is 6.05. The molecule has 0 spiro atoms. The smallest absolute Gasteiger partial charge is 0.255 e. The summed E-state index contributed by atoms with van der Waals surface area (Å²) in [4.78, 5) is 35.7. The molecule has 0 fully saturated rings. The van der Waals surface area contributed by atoms with Gasteiger partial charge in [-0.2, -0.15) is 0 Å². The summed E-state index contributed by atoms with van der Waals surface area (Å²) in [6.07, 6.45) is 4.63. The van der Waals surface area contributed by atoms with Crippen molar-refractivity contribution in [2.24, 2.45) is 0 Å². The number of carbonyl (C=O) groups excluding carboxylic acids is 2. The number of rotatable bonds is 5. The Balaban J connectivity index is 1.37. The molecule has 0 aliphatic rings. The van der Waals surface area contributed by atoms with Crippen molar-refractivity contribution in [1.29, 1.82) is 0 Å². The number of benzene rings is 2. The summed E-state index contributed by atoms with van der Waals surface area (Å²) in [7, 11) is 0. The van der Waals surface area contributed by atoms with E-state index in [1.54, 1.807) is 61.1 Å². The molecule has 0 unspecified atom stereocenters. The Bertz CT molecular complexity index is 1180. The van der Waals surface area contributed by atoms with Crippen LogP contribution >= 0.6 is 0 Å². The van der Waals surface area contributed by atoms with Gasteiger partial charge in [-0.3, -0.25) is 14.6 Å². The summed E-state index contributed by atoms with van der Waals surface area (Å²) in [5, 5.41) is 5.62. The Morgan fingerprint density at radius 3 is 2.59 bits per heavy atom. The third kappa shape index (κ3) is 4.06. The number of amides is 2. The maximum Gasteiger partial charge on any atom is 0.255 e. The largest absolute Gasteiger partial charge is 0.396 e. The predicted molar refractivity (Wildman–Crippen MR) is 110 cm³/mol. The van der Waals surface area contributed by atoms with Gasteiger partial charge in [-0.1, -0.05) is 12.1 Å². The average molecular weight is 386 g/mol. The molecule has 0 atom stereocenters. The molecule has 29 heavy (non-hydrogen) atoms. The molecule has 0 aliphatic heterocycles. The summed E-state index contributed by atoms with van der Waals surface area (Å²) in [6, 6.07) is 13.9. The molecule has 0 bridgehead atoms. The zero-order chi connectivity index (χ0) is 20.2. The first kappa shape index (κ1) is 18.2. The second kappa shape index (κ2) is 7.81. The fourth-order valence-electron chi connectivity index (χ4n) is 2.85. The molecule has 0 saturated heterocycles. The van der Waals surface area contributed by atoms with E-state index in [0.717, 1.165) is 16.6 Å². The molecule has 0 radical (unpaired) electrons. The molecule has 2 aromatic heterocycles. The van der Waals surface area contributed by atoms with Crippen molar-refractivity contribution in [2.45, 2.75) is 6.54 Å². The fraction of sp³-hybridized carbons (Fsp3) is 0.0476. The minimum atomic E-state index is -0.272. The third-order valence-corrected chi connectivity index (χ3v) is 4.45. The highest BCUT2D eigenvalue weighted by Gasteiger charge is 2.10. The number of hydrogen-bond donors (Lipinski definition) is 4. The Kier molecular flexibility index (Phi) is 4.90. The standard InChI is InChI=1S/C21H18N6O2/c22-16-11-23-8-7-17(16)27-21(29)14-3-1-13(2-4-14)10-24-20(28)15-5-6-18-19(9-15)26-12-25-18/h1-9,11-12H,10,22H2,(H,24,28)(H,25,26)(H,23,27,29). The lowest BCUT2D eigenvalue weighted by Crippen LogP contribution is -2.22. The summed E-state index contributed by atoms with van der Waals surface area (Å²) in [6.45, 7) is 0.346. The van der Waals surface area contributed by atoms with Gasteiger partial charge < -0.3 is 21.4 Å². The summed E-state index contributed by atoms with van der Waals surface area (Å²) >= 11 is 0. The normalized spacial score (nSPS) is 10.6. The van der Waals surface area contributed by atoms with Crippen LogP contribution in [0.4, 0.5) is 11.4 Å². The zero-order valence-electron chi connectivity index (χ0n) is 15.3. The highest BCUT2D eigenvalue weighted by Crippen LogP contribution is 2.17. The van der Waals surface area contributed by atoms with Gasteiger partial charge >= 0.3 is 0 Å². The number of H-pyrrole nitrogens is 1. The van der Waals surface area contributed by atoms with Crippen LogP contribution < -0.4 is 16.4 Å². The maximum atomic E-state index is 12.4. The maximum absolute atomic E-state index is 12.4. The first-order valence-corrected chi connectivity index (χ1v) is 8.91. The van der Waals surface area contributed by atoms with Gasteiger partial charge in [0, 0.05) is 23.9 Å². The minimum Gasteiger partial charge on any atom is -0.396 e. The van der Waals surface area contributed by atoms with Crippen molar-refractivity contribution in [3.8, 4) is 0 Å². The van der Waals surface area contributed by atoms with Gasteiger partial charge in [0.25, 0.3) is 11.8 Å². The van der Waals surface area contributed by atoms with E-state index in [2.05, 4.69) is 25.6 Å². The van der Waals surface area contributed by atoms with E-state index in [9.17, 15) is 9.59 Å². The lowest BCUT2D eigenvalue weighted by atomic mass is 10.1. The van der Waals surface area contributed by atoms with Gasteiger partial charge in [-0.05, 0) is 42.0 Å². The monoisotopic (exact) mass is 386 g/mol. The number of fused-ring (bicyclic) bond motifs is 1. The molecule has 4 rings (SSSR count). The Labute approximate surface area is 166 Å². The lowest BCUT2D eigenvalue weighted by molar-refractivity contribution is 0.0950. The van der Waals surface area contributed by atoms with E-state index in [0.29, 0.717) is 29.0 Å². The van der Waals surface area contributed by atoms with Crippen molar-refractivity contribution in [2.75, 3.05) is 11.1 Å². The van der Waals surface area contributed by atoms with Crippen LogP contribution in [0, 0.1) is 0 Å². The molecule has 2 aromatic carbocycles. The fourth-order valence-corrected chi connectivity index (χ4v) is 2.85. The first-order valence-electron chi connectivity index (χ1n) is 8.91. The number of nitrogen functional groups attached to an aromatic ring is 1. The molecular weight excluding hydrogens is 368 g/mol. The Morgan fingerprint density at radius 1 is 1.00 bits per heavy atom. The van der Waals surface area contributed by atoms with Gasteiger partial charge in [-0.25, -0.2) is 4.98 Å². The van der Waals surface area contributed by atoms with Crippen molar-refractivity contribution in [1.82, 2.24) is 20.3 Å². The van der Waals surface area contributed by atoms with Crippen LogP contribution in [0.15, 0.2) is 67.3 Å². The number of aromatic amines is 1. The SMILES string of the molecule is Nc1cnccc1NC(=O)c1ccc(CNC(=O)c2ccc3nc[nH]c3c2)cc1. The molecule has 144 valence electrons. The van der Waals surface area contributed by atoms with E-state index >= 15 is 0 Å². The van der Waals surface area contributed by atoms with Gasteiger partial charge in [-0.15, -0.1) is 0 Å². The van der Waals surface area contributed by atoms with Gasteiger partial charge in [0.1, 0.15) is 0 Å². The van der Waals surface area contributed by atoms with Crippen molar-refractivity contribution < 1.29 is 9.59 Å². The summed E-state index contributed by atoms with van der Waals surface area (Å²) in [5.41, 5.74) is 10.2. The summed E-state index contributed by atoms with van der Waals surface area (Å²) < 4.78 is 0. The number of aromatic nitrogens is 3. The van der Waals surface area contributed by atoms with Crippen LogP contribution in [0.2, 0.25) is 0 Å². The van der Waals surface area contributed by atoms with E-state index in [4.69, 9.17) is 5.73 Å². The molecular formula is C21H18N6O2. The van der Waals surface area contributed by atoms with E-state index in [-0.39, 0.29) is 11.8 Å². The van der Waals surface area contributed by atoms with Gasteiger partial charge in [0.15, 0.2) is 0 Å². The predicted octanol–water partition coefficient (Wildman–Crippen LogP) is 2.72. The molecule has 4 aromatic rings. The van der Waals surface area contributed by atoms with Crippen LogP contribution in [-0.2, 0) is 6.54 Å². The van der Waals surface area contributed by atoms with E-state index in [1.165, 1.54) is 6.20 Å². The van der Waals surface area contributed by atoms with Gasteiger partial charge in [0.05, 0.1) is 34.9 Å². The molecule has 8 nitrogen and oxygen atoms in total. The van der Waals surface area contributed by atoms with E-state index < -0.39 is 0 Å². The molecule has 0 saturated carbocycles. The number of nitrogens with two attached hydrogens (primary N) is 1. The number of hydrogen-bond acceptors (Lipinski definition) is 5. The molecule has 8 heteroatoms. The number of anilines is 2. The van der Waals surface area contributed by atoms with Gasteiger partial charge in [0.2, 0.25) is 0 Å². The third-order valence-electron chi connectivity index (χ3n) is 4.45. The number of pyridine rings is 1. The van der Waals surface area contributed by atoms with Crippen LogP contribution in [0.3, 0.4) is 0 Å². The topological polar surface area (TPSA) is 126 Å². The van der Waals surface area contributed by atoms with Crippen LogP contribution in [0.25, 0.3) is 11.0 Å². The second-order valence-corrected chi connectivity index (χ2v) is 6.43. The molecule has 2 heterocycles. The molecule has 2 amide bonds. The molecule has 0 aliphatic carbocycles. The van der Waals surface area contributed by atoms with Crippen LogP contribution in [0.1, 0.15) is 26.3 Å². The van der Waals surface area contributed by atoms with E-state index in [1.807, 2.05) is 0 Å². The number of carbonyl (C=O) groups is 2. The number of imidazole rings is 1. The first-order chi connectivity index (χ1) is 14.1.